The first-order valence-corrected chi connectivity index (χ1v) is 6.41. The molecular formula is C17H19BrMg. The normalized spacial score (nSPS) is 9.32. The van der Waals surface area contributed by atoms with Crippen molar-refractivity contribution in [3.05, 3.63) is 71.3 Å². The van der Waals surface area contributed by atoms with Gasteiger partial charge in [-0.3, -0.25) is 0 Å². The van der Waals surface area contributed by atoms with Crippen LogP contribution in [0.15, 0.2) is 48.5 Å². The van der Waals surface area contributed by atoms with Gasteiger partial charge in [-0.2, -0.15) is 35.9 Å². The summed E-state index contributed by atoms with van der Waals surface area (Å²) in [6.45, 7) is 2.22. The Morgan fingerprint density at radius 2 is 1.16 bits per heavy atom. The molecule has 0 atom stereocenters. The summed E-state index contributed by atoms with van der Waals surface area (Å²) in [5.74, 6) is 0. The van der Waals surface area contributed by atoms with Crippen molar-refractivity contribution in [3.8, 4) is 0 Å². The molecule has 0 aliphatic heterocycles. The van der Waals surface area contributed by atoms with E-state index in [2.05, 4.69) is 49.4 Å². The van der Waals surface area contributed by atoms with Crippen molar-refractivity contribution in [2.75, 3.05) is 0 Å². The van der Waals surface area contributed by atoms with Crippen LogP contribution in [-0.2, 0) is 19.3 Å². The largest absolute Gasteiger partial charge is 2.00 e. The van der Waals surface area contributed by atoms with Crippen LogP contribution in [0.3, 0.4) is 0 Å². The van der Waals surface area contributed by atoms with Gasteiger partial charge < -0.3 is 17.0 Å². The van der Waals surface area contributed by atoms with E-state index < -0.39 is 0 Å². The zero-order valence-electron chi connectivity index (χ0n) is 11.5. The Labute approximate surface area is 143 Å². The third-order valence-electron chi connectivity index (χ3n) is 3.05. The Balaban J connectivity index is 0.00000162. The molecule has 0 N–H and O–H groups in total. The van der Waals surface area contributed by atoms with Crippen LogP contribution in [0.25, 0.3) is 0 Å². The molecule has 0 bridgehead atoms. The van der Waals surface area contributed by atoms with Crippen molar-refractivity contribution in [3.63, 3.8) is 0 Å². The molecular weight excluding hydrogens is 308 g/mol. The first-order valence-electron chi connectivity index (χ1n) is 6.41. The van der Waals surface area contributed by atoms with E-state index in [0.717, 1.165) is 12.8 Å². The van der Waals surface area contributed by atoms with Crippen LogP contribution >= 0.6 is 0 Å². The summed E-state index contributed by atoms with van der Waals surface area (Å²) in [5.41, 5.74) is 4.27. The van der Waals surface area contributed by atoms with E-state index in [4.69, 9.17) is 0 Å². The third kappa shape index (κ3) is 6.60. The smallest absolute Gasteiger partial charge is 1.00 e. The molecule has 0 aliphatic rings. The second kappa shape index (κ2) is 10.5. The molecule has 2 aromatic rings. The predicted molar refractivity (Wildman–Crippen MR) is 78.9 cm³/mol. The molecule has 0 nitrogen and oxygen atoms in total. The fraction of sp³-hybridized carbons (Fsp3) is 0.294. The minimum atomic E-state index is 0. The first kappa shape index (κ1) is 18.7. The molecule has 2 aromatic carbocycles. The molecule has 0 heterocycles. The standard InChI is InChI=1S/C17H19.BrH.Mg/c1-2-6-15-9-12-17(13-10-15)14-11-16-7-4-3-5-8-16;;/h4-5,7-10,12-13H,2,6,11,14H2,1H3;1H;/q-1;;+2/p-1. The van der Waals surface area contributed by atoms with E-state index in [1.165, 1.54) is 29.5 Å². The van der Waals surface area contributed by atoms with Gasteiger partial charge in [0.05, 0.1) is 0 Å². The van der Waals surface area contributed by atoms with E-state index in [9.17, 15) is 0 Å². The Morgan fingerprint density at radius 3 is 1.63 bits per heavy atom. The molecule has 2 heteroatoms. The average Bonchev–Trinajstić information content (AvgIpc) is 2.40. The maximum Gasteiger partial charge on any atom is 2.00 e. The van der Waals surface area contributed by atoms with E-state index in [1.54, 1.807) is 0 Å². The Hall–Kier alpha value is -0.314. The molecule has 0 unspecified atom stereocenters. The van der Waals surface area contributed by atoms with E-state index in [0.29, 0.717) is 0 Å². The van der Waals surface area contributed by atoms with Gasteiger partial charge in [-0.15, -0.1) is 0 Å². The summed E-state index contributed by atoms with van der Waals surface area (Å²) in [6, 6.07) is 20.4. The molecule has 2 rings (SSSR count). The summed E-state index contributed by atoms with van der Waals surface area (Å²) in [4.78, 5) is 0. The quantitative estimate of drug-likeness (QED) is 0.564. The van der Waals surface area contributed by atoms with Gasteiger partial charge in [0.2, 0.25) is 0 Å². The zero-order valence-corrected chi connectivity index (χ0v) is 14.5. The zero-order chi connectivity index (χ0) is 11.9. The van der Waals surface area contributed by atoms with Gasteiger partial charge in [0.15, 0.2) is 0 Å². The third-order valence-corrected chi connectivity index (χ3v) is 3.05. The van der Waals surface area contributed by atoms with Crippen molar-refractivity contribution >= 4 is 23.1 Å². The van der Waals surface area contributed by atoms with Crippen LogP contribution in [0.5, 0.6) is 0 Å². The maximum absolute atomic E-state index is 3.05. The molecule has 0 amide bonds. The van der Waals surface area contributed by atoms with Crippen LogP contribution in [0.1, 0.15) is 30.0 Å². The number of hydrogen-bond acceptors (Lipinski definition) is 0. The van der Waals surface area contributed by atoms with Gasteiger partial charge in [-0.05, 0) is 30.4 Å². The Kier molecular flexibility index (Phi) is 10.3. The topological polar surface area (TPSA) is 0 Å². The molecule has 0 radical (unpaired) electrons. The Morgan fingerprint density at radius 1 is 0.737 bits per heavy atom. The maximum atomic E-state index is 3.05. The average molecular weight is 328 g/mol. The van der Waals surface area contributed by atoms with Crippen LogP contribution in [0, 0.1) is 6.07 Å². The van der Waals surface area contributed by atoms with E-state index in [1.807, 2.05) is 12.1 Å². The van der Waals surface area contributed by atoms with Gasteiger partial charge in [0, 0.05) is 0 Å². The number of benzene rings is 2. The second-order valence-electron chi connectivity index (χ2n) is 4.47. The van der Waals surface area contributed by atoms with Crippen LogP contribution in [-0.4, -0.2) is 23.1 Å². The molecule has 0 aromatic heterocycles. The molecule has 0 spiro atoms. The van der Waals surface area contributed by atoms with Gasteiger partial charge >= 0.3 is 23.1 Å². The molecule has 19 heavy (non-hydrogen) atoms. The van der Waals surface area contributed by atoms with E-state index >= 15 is 0 Å². The summed E-state index contributed by atoms with van der Waals surface area (Å²) in [6.07, 6.45) is 4.65. The molecule has 96 valence electrons. The molecule has 0 aliphatic carbocycles. The minimum absolute atomic E-state index is 0. The summed E-state index contributed by atoms with van der Waals surface area (Å²) >= 11 is 0. The number of rotatable bonds is 5. The molecule has 0 saturated carbocycles. The summed E-state index contributed by atoms with van der Waals surface area (Å²) in [5, 5.41) is 0. The van der Waals surface area contributed by atoms with Gasteiger partial charge in [-0.1, -0.05) is 37.6 Å². The van der Waals surface area contributed by atoms with Crippen LogP contribution < -0.4 is 17.0 Å². The fourth-order valence-electron chi connectivity index (χ4n) is 2.04. The van der Waals surface area contributed by atoms with Crippen LogP contribution in [0.4, 0.5) is 0 Å². The Bertz CT molecular complexity index is 437. The van der Waals surface area contributed by atoms with Gasteiger partial charge in [0.25, 0.3) is 0 Å². The SMILES string of the molecule is CCCc1ccc(CCc2cc[c-]cc2)cc1.[Br-].[Mg+2]. The monoisotopic (exact) mass is 326 g/mol. The van der Waals surface area contributed by atoms with Crippen molar-refractivity contribution in [1.29, 1.82) is 0 Å². The summed E-state index contributed by atoms with van der Waals surface area (Å²) < 4.78 is 0. The van der Waals surface area contributed by atoms with Crippen molar-refractivity contribution in [2.45, 2.75) is 32.6 Å². The number of halogens is 1. The van der Waals surface area contributed by atoms with Crippen LogP contribution in [0.2, 0.25) is 0 Å². The van der Waals surface area contributed by atoms with Gasteiger partial charge in [-0.25, -0.2) is 0 Å². The predicted octanol–water partition coefficient (Wildman–Crippen LogP) is 0.848. The fourth-order valence-corrected chi connectivity index (χ4v) is 2.04. The molecule has 0 fully saturated rings. The van der Waals surface area contributed by atoms with Gasteiger partial charge in [0.1, 0.15) is 0 Å². The first-order chi connectivity index (χ1) is 8.38. The minimum Gasteiger partial charge on any atom is -1.00 e. The van der Waals surface area contributed by atoms with Crippen molar-refractivity contribution < 1.29 is 17.0 Å². The van der Waals surface area contributed by atoms with E-state index in [-0.39, 0.29) is 40.0 Å². The second-order valence-corrected chi connectivity index (χ2v) is 4.47. The number of aryl methyl sites for hydroxylation is 3. The molecule has 0 saturated heterocycles. The number of hydrogen-bond donors (Lipinski definition) is 0. The van der Waals surface area contributed by atoms with Crippen molar-refractivity contribution in [2.24, 2.45) is 0 Å². The summed E-state index contributed by atoms with van der Waals surface area (Å²) in [7, 11) is 0. The van der Waals surface area contributed by atoms with Crippen molar-refractivity contribution in [1.82, 2.24) is 0 Å².